The molecule has 132 valence electrons. The second kappa shape index (κ2) is 7.66. The Hall–Kier alpha value is -1.73. The van der Waals surface area contributed by atoms with E-state index >= 15 is 0 Å². The van der Waals surface area contributed by atoms with Gasteiger partial charge in [0.1, 0.15) is 0 Å². The number of nitrogens with zero attached hydrogens (tertiary/aromatic N) is 1. The minimum atomic E-state index is -0.833. The van der Waals surface area contributed by atoms with E-state index < -0.39 is 11.4 Å². The number of aliphatic carboxylic acids is 1. The lowest BCUT2D eigenvalue weighted by atomic mass is 9.79. The van der Waals surface area contributed by atoms with Crippen molar-refractivity contribution in [1.82, 2.24) is 4.98 Å². The number of anilines is 1. The third-order valence-corrected chi connectivity index (χ3v) is 5.85. The molecule has 2 aromatic rings. The number of aromatic nitrogens is 1. The van der Waals surface area contributed by atoms with Gasteiger partial charge in [-0.05, 0) is 30.4 Å². The first-order valence-electron chi connectivity index (χ1n) is 8.19. The summed E-state index contributed by atoms with van der Waals surface area (Å²) >= 11 is 4.81. The number of benzene rings is 1. The molecule has 1 aromatic heterocycles. The molecule has 0 spiro atoms. The van der Waals surface area contributed by atoms with Crippen LogP contribution in [0.3, 0.4) is 0 Å². The Labute approximate surface area is 158 Å². The predicted octanol–water partition coefficient (Wildman–Crippen LogP) is 4.94. The molecule has 1 aliphatic carbocycles. The Kier molecular flexibility index (Phi) is 5.54. The Bertz CT molecular complexity index is 784. The molecule has 0 bridgehead atoms. The highest BCUT2D eigenvalue weighted by Gasteiger charge is 2.38. The summed E-state index contributed by atoms with van der Waals surface area (Å²) in [5.41, 5.74) is 1.38. The number of carbonyl (C=O) groups excluding carboxylic acids is 1. The van der Waals surface area contributed by atoms with Crippen molar-refractivity contribution < 1.29 is 14.7 Å². The van der Waals surface area contributed by atoms with E-state index in [9.17, 15) is 9.59 Å². The minimum Gasteiger partial charge on any atom is -0.481 e. The van der Waals surface area contributed by atoms with Gasteiger partial charge in [-0.3, -0.25) is 9.59 Å². The number of hydrogen-bond donors (Lipinski definition) is 2. The summed E-state index contributed by atoms with van der Waals surface area (Å²) in [5, 5.41) is 14.4. The maximum atomic E-state index is 12.4. The lowest BCUT2D eigenvalue weighted by Crippen LogP contribution is -2.27. The van der Waals surface area contributed by atoms with E-state index in [1.54, 1.807) is 0 Å². The van der Waals surface area contributed by atoms with Crippen LogP contribution in [0.15, 0.2) is 34.1 Å². The van der Waals surface area contributed by atoms with E-state index in [-0.39, 0.29) is 18.7 Å². The number of nitrogens with one attached hydrogen (secondary N) is 1. The van der Waals surface area contributed by atoms with Gasteiger partial charge in [0.25, 0.3) is 0 Å². The number of halogens is 1. The number of carboxylic acids is 1. The Balaban J connectivity index is 1.66. The molecule has 0 unspecified atom stereocenters. The average molecular weight is 423 g/mol. The Morgan fingerprint density at radius 3 is 2.72 bits per heavy atom. The number of carbonyl (C=O) groups is 2. The molecule has 1 aromatic carbocycles. The highest BCUT2D eigenvalue weighted by molar-refractivity contribution is 9.10. The van der Waals surface area contributed by atoms with E-state index in [2.05, 4.69) is 26.2 Å². The molecule has 1 fully saturated rings. The molecular formula is C18H19BrN2O3S. The van der Waals surface area contributed by atoms with Gasteiger partial charge in [-0.25, -0.2) is 4.98 Å². The van der Waals surface area contributed by atoms with Crippen LogP contribution in [0.4, 0.5) is 5.13 Å². The minimum absolute atomic E-state index is 0.0571. The maximum Gasteiger partial charge on any atom is 0.303 e. The fourth-order valence-corrected chi connectivity index (χ4v) is 4.61. The first kappa shape index (κ1) is 18.1. The first-order chi connectivity index (χ1) is 12.0. The molecule has 1 amide bonds. The molecule has 2 N–H and O–H groups in total. The van der Waals surface area contributed by atoms with Gasteiger partial charge in [-0.2, -0.15) is 0 Å². The van der Waals surface area contributed by atoms with Crippen molar-refractivity contribution in [3.8, 4) is 11.3 Å². The standard InChI is InChI=1S/C18H19BrN2O3S/c19-13-5-3-4-12(8-13)14-11-25-17(20-14)21-15(22)9-18(10-16(23)24)6-1-2-7-18/h3-5,8,11H,1-2,6-7,9-10H2,(H,23,24)(H,20,21,22). The molecule has 5 nitrogen and oxygen atoms in total. The van der Waals surface area contributed by atoms with Gasteiger partial charge in [0, 0.05) is 21.8 Å². The zero-order chi connectivity index (χ0) is 17.9. The molecule has 25 heavy (non-hydrogen) atoms. The molecule has 3 rings (SSSR count). The summed E-state index contributed by atoms with van der Waals surface area (Å²) in [6, 6.07) is 7.82. The normalized spacial score (nSPS) is 15.9. The lowest BCUT2D eigenvalue weighted by Gasteiger charge is -2.25. The quantitative estimate of drug-likeness (QED) is 0.690. The van der Waals surface area contributed by atoms with Gasteiger partial charge < -0.3 is 10.4 Å². The lowest BCUT2D eigenvalue weighted by molar-refractivity contribution is -0.140. The number of hydrogen-bond acceptors (Lipinski definition) is 4. The molecule has 0 saturated heterocycles. The third kappa shape index (κ3) is 4.67. The monoisotopic (exact) mass is 422 g/mol. The van der Waals surface area contributed by atoms with E-state index in [0.717, 1.165) is 41.4 Å². The van der Waals surface area contributed by atoms with Crippen molar-refractivity contribution in [3.63, 3.8) is 0 Å². The third-order valence-electron chi connectivity index (χ3n) is 4.60. The fourth-order valence-electron chi connectivity index (χ4n) is 3.48. The van der Waals surface area contributed by atoms with Crippen LogP contribution >= 0.6 is 27.3 Å². The maximum absolute atomic E-state index is 12.4. The molecule has 7 heteroatoms. The Morgan fingerprint density at radius 1 is 1.28 bits per heavy atom. The van der Waals surface area contributed by atoms with Crippen molar-refractivity contribution in [2.24, 2.45) is 5.41 Å². The van der Waals surface area contributed by atoms with Gasteiger partial charge in [0.15, 0.2) is 5.13 Å². The summed E-state index contributed by atoms with van der Waals surface area (Å²) in [6.45, 7) is 0. The fraction of sp³-hybridized carbons (Fsp3) is 0.389. The second-order valence-electron chi connectivity index (χ2n) is 6.55. The SMILES string of the molecule is O=C(O)CC1(CC(=O)Nc2nc(-c3cccc(Br)c3)cs2)CCCC1. The average Bonchev–Trinajstić information content (AvgIpc) is 3.16. The summed E-state index contributed by atoms with van der Waals surface area (Å²) < 4.78 is 0.973. The summed E-state index contributed by atoms with van der Waals surface area (Å²) in [5.74, 6) is -0.987. The van der Waals surface area contributed by atoms with Gasteiger partial charge in [-0.15, -0.1) is 11.3 Å². The van der Waals surface area contributed by atoms with E-state index in [0.29, 0.717) is 5.13 Å². The van der Waals surface area contributed by atoms with Crippen LogP contribution < -0.4 is 5.32 Å². The topological polar surface area (TPSA) is 79.3 Å². The van der Waals surface area contributed by atoms with Crippen molar-refractivity contribution in [3.05, 3.63) is 34.1 Å². The van der Waals surface area contributed by atoms with E-state index in [1.165, 1.54) is 11.3 Å². The van der Waals surface area contributed by atoms with E-state index in [1.807, 2.05) is 29.6 Å². The van der Waals surface area contributed by atoms with Crippen LogP contribution in [-0.4, -0.2) is 22.0 Å². The van der Waals surface area contributed by atoms with Crippen LogP contribution in [-0.2, 0) is 9.59 Å². The molecule has 1 aliphatic rings. The summed E-state index contributed by atoms with van der Waals surface area (Å²) in [6.07, 6.45) is 3.88. The second-order valence-corrected chi connectivity index (χ2v) is 8.32. The molecule has 0 radical (unpaired) electrons. The molecule has 0 atom stereocenters. The van der Waals surface area contributed by atoms with Crippen LogP contribution in [0.25, 0.3) is 11.3 Å². The largest absolute Gasteiger partial charge is 0.481 e. The van der Waals surface area contributed by atoms with Crippen molar-refractivity contribution >= 4 is 44.3 Å². The van der Waals surface area contributed by atoms with E-state index in [4.69, 9.17) is 5.11 Å². The van der Waals surface area contributed by atoms with Crippen LogP contribution in [0, 0.1) is 5.41 Å². The van der Waals surface area contributed by atoms with Gasteiger partial charge in [-0.1, -0.05) is 40.9 Å². The van der Waals surface area contributed by atoms with Crippen molar-refractivity contribution in [2.75, 3.05) is 5.32 Å². The number of rotatable bonds is 6. The highest BCUT2D eigenvalue weighted by atomic mass is 79.9. The Morgan fingerprint density at radius 2 is 2.04 bits per heavy atom. The zero-order valence-electron chi connectivity index (χ0n) is 13.6. The zero-order valence-corrected chi connectivity index (χ0v) is 16.0. The number of thiazole rings is 1. The molecular weight excluding hydrogens is 404 g/mol. The number of carboxylic acid groups (broad SMARTS) is 1. The van der Waals surface area contributed by atoms with Gasteiger partial charge in [0.05, 0.1) is 12.1 Å². The highest BCUT2D eigenvalue weighted by Crippen LogP contribution is 2.44. The van der Waals surface area contributed by atoms with Gasteiger partial charge >= 0.3 is 5.97 Å². The predicted molar refractivity (Wildman–Crippen MR) is 102 cm³/mol. The van der Waals surface area contributed by atoms with Gasteiger partial charge in [0.2, 0.25) is 5.91 Å². The van der Waals surface area contributed by atoms with Crippen molar-refractivity contribution in [1.29, 1.82) is 0 Å². The van der Waals surface area contributed by atoms with Crippen LogP contribution in [0.2, 0.25) is 0 Å². The van der Waals surface area contributed by atoms with Crippen LogP contribution in [0.5, 0.6) is 0 Å². The smallest absolute Gasteiger partial charge is 0.303 e. The molecule has 1 saturated carbocycles. The first-order valence-corrected chi connectivity index (χ1v) is 9.86. The molecule has 1 heterocycles. The van der Waals surface area contributed by atoms with Crippen LogP contribution in [0.1, 0.15) is 38.5 Å². The summed E-state index contributed by atoms with van der Waals surface area (Å²) in [7, 11) is 0. The molecule has 0 aliphatic heterocycles. The summed E-state index contributed by atoms with van der Waals surface area (Å²) in [4.78, 5) is 28.0. The van der Waals surface area contributed by atoms with Crippen molar-refractivity contribution in [2.45, 2.75) is 38.5 Å². The number of amides is 1.